The Kier molecular flexibility index (Phi) is 6.07. The smallest absolute Gasteiger partial charge is 0.229 e. The molecule has 1 aliphatic heterocycles. The standard InChI is InChI=1S/C25H28N6O2S/c1-29-12-14-30(15-13-29)18-19-4-3-5-21(16-19)27-25-26-17-20-10-11-31(24(20)28-25)22-6-8-23(9-7-22)34(2,32)33/h3-11,16-17H,12-15,18H2,1-2H3,(H,26,27,28). The fraction of sp³-hybridized carbons (Fsp3) is 0.280. The molecule has 0 saturated carbocycles. The van der Waals surface area contributed by atoms with E-state index in [-0.39, 0.29) is 0 Å². The molecular formula is C25H28N6O2S. The maximum atomic E-state index is 11.8. The predicted molar refractivity (Wildman–Crippen MR) is 134 cm³/mol. The highest BCUT2D eigenvalue weighted by atomic mass is 32.2. The average molecular weight is 477 g/mol. The van der Waals surface area contributed by atoms with Crippen LogP contribution in [0.2, 0.25) is 0 Å². The molecule has 1 N–H and O–H groups in total. The third kappa shape index (κ3) is 4.96. The van der Waals surface area contributed by atoms with Gasteiger partial charge in [0, 0.05) is 68.1 Å². The molecule has 2 aromatic carbocycles. The summed E-state index contributed by atoms with van der Waals surface area (Å²) in [6.07, 6.45) is 4.91. The second kappa shape index (κ2) is 9.17. The van der Waals surface area contributed by atoms with Crippen LogP contribution in [0, 0.1) is 0 Å². The molecule has 4 aromatic rings. The van der Waals surface area contributed by atoms with E-state index in [1.807, 2.05) is 22.9 Å². The van der Waals surface area contributed by atoms with Crippen LogP contribution in [0.4, 0.5) is 11.6 Å². The van der Waals surface area contributed by atoms with Crippen LogP contribution in [0.5, 0.6) is 0 Å². The van der Waals surface area contributed by atoms with Crippen molar-refractivity contribution in [1.82, 2.24) is 24.3 Å². The minimum absolute atomic E-state index is 0.293. The highest BCUT2D eigenvalue weighted by molar-refractivity contribution is 7.90. The zero-order valence-corrected chi connectivity index (χ0v) is 20.2. The van der Waals surface area contributed by atoms with Crippen LogP contribution >= 0.6 is 0 Å². The fourth-order valence-electron chi connectivity index (χ4n) is 4.18. The molecule has 9 heteroatoms. The van der Waals surface area contributed by atoms with Crippen molar-refractivity contribution in [2.75, 3.05) is 44.8 Å². The Hall–Kier alpha value is -3.27. The number of sulfone groups is 1. The van der Waals surface area contributed by atoms with E-state index >= 15 is 0 Å². The lowest BCUT2D eigenvalue weighted by Crippen LogP contribution is -2.43. The van der Waals surface area contributed by atoms with Crippen molar-refractivity contribution in [1.29, 1.82) is 0 Å². The van der Waals surface area contributed by atoms with Crippen LogP contribution in [0.25, 0.3) is 16.7 Å². The Labute approximate surface area is 199 Å². The highest BCUT2D eigenvalue weighted by Gasteiger charge is 2.14. The van der Waals surface area contributed by atoms with Crippen LogP contribution in [0.3, 0.4) is 0 Å². The third-order valence-corrected chi connectivity index (χ3v) is 7.28. The Bertz CT molecular complexity index is 1410. The monoisotopic (exact) mass is 476 g/mol. The summed E-state index contributed by atoms with van der Waals surface area (Å²) in [5.41, 5.74) is 3.78. The van der Waals surface area contributed by atoms with Crippen molar-refractivity contribution in [2.24, 2.45) is 0 Å². The first-order valence-electron chi connectivity index (χ1n) is 11.3. The van der Waals surface area contributed by atoms with Crippen LogP contribution in [-0.4, -0.2) is 72.2 Å². The van der Waals surface area contributed by atoms with Gasteiger partial charge in [-0.15, -0.1) is 0 Å². The normalized spacial score (nSPS) is 15.6. The van der Waals surface area contributed by atoms with Gasteiger partial charge in [-0.25, -0.2) is 13.4 Å². The molecule has 0 spiro atoms. The molecule has 0 aliphatic carbocycles. The fourth-order valence-corrected chi connectivity index (χ4v) is 4.81. The quantitative estimate of drug-likeness (QED) is 0.457. The highest BCUT2D eigenvalue weighted by Crippen LogP contribution is 2.23. The molecule has 8 nitrogen and oxygen atoms in total. The van der Waals surface area contributed by atoms with Crippen molar-refractivity contribution >= 4 is 32.5 Å². The van der Waals surface area contributed by atoms with Crippen LogP contribution < -0.4 is 5.32 Å². The number of piperazine rings is 1. The number of rotatable bonds is 6. The molecule has 0 amide bonds. The maximum Gasteiger partial charge on any atom is 0.229 e. The number of hydrogen-bond donors (Lipinski definition) is 1. The second-order valence-corrected chi connectivity index (χ2v) is 10.8. The molecule has 0 radical (unpaired) electrons. The molecular weight excluding hydrogens is 448 g/mol. The van der Waals surface area contributed by atoms with E-state index in [1.54, 1.807) is 30.5 Å². The van der Waals surface area contributed by atoms with E-state index in [1.165, 1.54) is 11.8 Å². The minimum Gasteiger partial charge on any atom is -0.324 e. The van der Waals surface area contributed by atoms with E-state index in [0.717, 1.165) is 55.1 Å². The number of hydrogen-bond acceptors (Lipinski definition) is 7. The first kappa shape index (κ1) is 22.5. The van der Waals surface area contributed by atoms with Crippen LogP contribution in [0.1, 0.15) is 5.56 Å². The number of nitrogens with one attached hydrogen (secondary N) is 1. The second-order valence-electron chi connectivity index (χ2n) is 8.83. The Morgan fingerprint density at radius 2 is 1.76 bits per heavy atom. The number of nitrogens with zero attached hydrogens (tertiary/aromatic N) is 5. The van der Waals surface area contributed by atoms with Crippen molar-refractivity contribution in [2.45, 2.75) is 11.4 Å². The number of likely N-dealkylation sites (N-methyl/N-ethyl adjacent to an activating group) is 1. The lowest BCUT2D eigenvalue weighted by Gasteiger charge is -2.32. The number of anilines is 2. The summed E-state index contributed by atoms with van der Waals surface area (Å²) in [6, 6.07) is 17.1. The maximum absolute atomic E-state index is 11.8. The van der Waals surface area contributed by atoms with Gasteiger partial charge in [0.15, 0.2) is 9.84 Å². The minimum atomic E-state index is -3.24. The topological polar surface area (TPSA) is 83.4 Å². The Morgan fingerprint density at radius 3 is 2.50 bits per heavy atom. The molecule has 1 fully saturated rings. The van der Waals surface area contributed by atoms with E-state index < -0.39 is 9.84 Å². The molecule has 0 atom stereocenters. The third-order valence-electron chi connectivity index (χ3n) is 6.16. The number of benzene rings is 2. The molecule has 3 heterocycles. The first-order valence-corrected chi connectivity index (χ1v) is 13.2. The Morgan fingerprint density at radius 1 is 1.00 bits per heavy atom. The van der Waals surface area contributed by atoms with Gasteiger partial charge >= 0.3 is 0 Å². The van der Waals surface area contributed by atoms with Gasteiger partial charge in [0.25, 0.3) is 0 Å². The lowest BCUT2D eigenvalue weighted by atomic mass is 10.1. The summed E-state index contributed by atoms with van der Waals surface area (Å²) < 4.78 is 25.5. The summed E-state index contributed by atoms with van der Waals surface area (Å²) in [4.78, 5) is 14.3. The summed E-state index contributed by atoms with van der Waals surface area (Å²) in [5.74, 6) is 0.511. The van der Waals surface area contributed by atoms with E-state index in [2.05, 4.69) is 45.3 Å². The van der Waals surface area contributed by atoms with Gasteiger partial charge in [0.1, 0.15) is 5.65 Å². The van der Waals surface area contributed by atoms with Gasteiger partial charge in [-0.1, -0.05) is 12.1 Å². The van der Waals surface area contributed by atoms with Crippen molar-refractivity contribution in [3.8, 4) is 5.69 Å². The van der Waals surface area contributed by atoms with Gasteiger partial charge in [-0.05, 0) is 55.1 Å². The summed E-state index contributed by atoms with van der Waals surface area (Å²) in [6.45, 7) is 5.28. The molecule has 1 saturated heterocycles. The van der Waals surface area contributed by atoms with Crippen molar-refractivity contribution < 1.29 is 8.42 Å². The van der Waals surface area contributed by atoms with E-state index in [4.69, 9.17) is 4.98 Å². The molecule has 0 bridgehead atoms. The summed E-state index contributed by atoms with van der Waals surface area (Å²) in [5, 5.41) is 4.24. The zero-order chi connectivity index (χ0) is 23.7. The van der Waals surface area contributed by atoms with Crippen molar-refractivity contribution in [3.63, 3.8) is 0 Å². The van der Waals surface area contributed by atoms with E-state index in [0.29, 0.717) is 10.8 Å². The summed E-state index contributed by atoms with van der Waals surface area (Å²) >= 11 is 0. The molecule has 5 rings (SSSR count). The molecule has 176 valence electrons. The molecule has 34 heavy (non-hydrogen) atoms. The average Bonchev–Trinajstić information content (AvgIpc) is 3.24. The summed E-state index contributed by atoms with van der Waals surface area (Å²) in [7, 11) is -1.07. The van der Waals surface area contributed by atoms with Gasteiger partial charge in [0.2, 0.25) is 5.95 Å². The van der Waals surface area contributed by atoms with Gasteiger partial charge < -0.3 is 14.8 Å². The zero-order valence-electron chi connectivity index (χ0n) is 19.3. The number of aromatic nitrogens is 3. The predicted octanol–water partition coefficient (Wildman–Crippen LogP) is 3.32. The van der Waals surface area contributed by atoms with Crippen molar-refractivity contribution in [3.05, 3.63) is 72.6 Å². The van der Waals surface area contributed by atoms with Crippen LogP contribution in [0.15, 0.2) is 71.9 Å². The molecule has 0 unspecified atom stereocenters. The Balaban J connectivity index is 1.36. The lowest BCUT2D eigenvalue weighted by molar-refractivity contribution is 0.148. The van der Waals surface area contributed by atoms with E-state index in [9.17, 15) is 8.42 Å². The molecule has 2 aromatic heterocycles. The van der Waals surface area contributed by atoms with Gasteiger partial charge in [0.05, 0.1) is 4.90 Å². The van der Waals surface area contributed by atoms with Gasteiger partial charge in [-0.2, -0.15) is 4.98 Å². The van der Waals surface area contributed by atoms with Crippen LogP contribution in [-0.2, 0) is 16.4 Å². The van der Waals surface area contributed by atoms with Gasteiger partial charge in [-0.3, -0.25) is 4.90 Å². The first-order chi connectivity index (χ1) is 16.3. The largest absolute Gasteiger partial charge is 0.324 e. The molecule has 1 aliphatic rings. The number of fused-ring (bicyclic) bond motifs is 1. The SMILES string of the molecule is CN1CCN(Cc2cccc(Nc3ncc4ccn(-c5ccc(S(C)(=O)=O)cc5)c4n3)c2)CC1.